The second kappa shape index (κ2) is 10.3. The first kappa shape index (κ1) is 13.2. The van der Waals surface area contributed by atoms with Gasteiger partial charge >= 0.3 is 6.09 Å². The predicted octanol–water partition coefficient (Wildman–Crippen LogP) is 1.51. The van der Waals surface area contributed by atoms with Crippen molar-refractivity contribution < 1.29 is 9.53 Å². The molecule has 0 rings (SSSR count). The van der Waals surface area contributed by atoms with Gasteiger partial charge < -0.3 is 15.4 Å². The first-order chi connectivity index (χ1) is 6.81. The first-order valence-electron chi connectivity index (χ1n) is 5.42. The summed E-state index contributed by atoms with van der Waals surface area (Å²) in [4.78, 5) is 11.0. The zero-order valence-electron chi connectivity index (χ0n) is 9.27. The fraction of sp³-hybridized carbons (Fsp3) is 0.900. The predicted molar refractivity (Wildman–Crippen MR) is 57.4 cm³/mol. The molecule has 0 aromatic rings. The Morgan fingerprint density at radius 2 is 2.00 bits per heavy atom. The lowest BCUT2D eigenvalue weighted by Gasteiger charge is -2.06. The van der Waals surface area contributed by atoms with Crippen LogP contribution in [0.4, 0.5) is 4.79 Å². The van der Waals surface area contributed by atoms with Crippen molar-refractivity contribution in [2.24, 2.45) is 0 Å². The molecule has 0 aliphatic heterocycles. The Labute approximate surface area is 86.4 Å². The summed E-state index contributed by atoms with van der Waals surface area (Å²) in [5.74, 6) is 0. The van der Waals surface area contributed by atoms with Crippen LogP contribution in [0.25, 0.3) is 0 Å². The molecule has 0 atom stereocenters. The molecule has 14 heavy (non-hydrogen) atoms. The topological polar surface area (TPSA) is 50.4 Å². The molecule has 2 N–H and O–H groups in total. The zero-order chi connectivity index (χ0) is 10.6. The van der Waals surface area contributed by atoms with Crippen LogP contribution in [0.1, 0.15) is 33.1 Å². The van der Waals surface area contributed by atoms with Crippen LogP contribution in [-0.4, -0.2) is 32.3 Å². The average molecular weight is 202 g/mol. The van der Waals surface area contributed by atoms with Gasteiger partial charge in [0, 0.05) is 6.54 Å². The van der Waals surface area contributed by atoms with Crippen molar-refractivity contribution in [2.75, 3.05) is 26.2 Å². The molecule has 0 aliphatic rings. The lowest BCUT2D eigenvalue weighted by atomic mass is 10.3. The molecule has 4 nitrogen and oxygen atoms in total. The Morgan fingerprint density at radius 1 is 1.21 bits per heavy atom. The number of unbranched alkanes of at least 4 members (excludes halogenated alkanes) is 1. The third kappa shape index (κ3) is 9.32. The Bertz CT molecular complexity index is 140. The smallest absolute Gasteiger partial charge is 0.407 e. The molecule has 0 heterocycles. The summed E-state index contributed by atoms with van der Waals surface area (Å²) in [5, 5.41) is 5.86. The molecule has 0 aromatic carbocycles. The van der Waals surface area contributed by atoms with E-state index in [0.717, 1.165) is 32.4 Å². The molecular formula is C10H22N2O2. The van der Waals surface area contributed by atoms with Gasteiger partial charge in [0.25, 0.3) is 0 Å². The number of amides is 1. The van der Waals surface area contributed by atoms with E-state index >= 15 is 0 Å². The Hall–Kier alpha value is -0.770. The quantitative estimate of drug-likeness (QED) is 0.587. The van der Waals surface area contributed by atoms with Crippen LogP contribution in [-0.2, 0) is 4.74 Å². The van der Waals surface area contributed by atoms with Crippen molar-refractivity contribution in [3.05, 3.63) is 0 Å². The van der Waals surface area contributed by atoms with Crippen molar-refractivity contribution in [3.63, 3.8) is 0 Å². The summed E-state index contributed by atoms with van der Waals surface area (Å²) in [7, 11) is 0. The van der Waals surface area contributed by atoms with Gasteiger partial charge in [0.15, 0.2) is 0 Å². The van der Waals surface area contributed by atoms with Crippen molar-refractivity contribution in [1.82, 2.24) is 10.6 Å². The minimum atomic E-state index is -0.296. The van der Waals surface area contributed by atoms with E-state index in [1.165, 1.54) is 0 Å². The van der Waals surface area contributed by atoms with E-state index in [1.54, 1.807) is 0 Å². The molecule has 4 heteroatoms. The number of rotatable bonds is 8. The van der Waals surface area contributed by atoms with Gasteiger partial charge in [0.1, 0.15) is 0 Å². The van der Waals surface area contributed by atoms with E-state index in [-0.39, 0.29) is 6.09 Å². The van der Waals surface area contributed by atoms with Crippen molar-refractivity contribution in [1.29, 1.82) is 0 Å². The number of alkyl carbamates (subject to hydrolysis) is 1. The number of nitrogens with one attached hydrogen (secondary N) is 2. The van der Waals surface area contributed by atoms with Gasteiger partial charge in [0.2, 0.25) is 0 Å². The molecule has 0 spiro atoms. The van der Waals surface area contributed by atoms with Gasteiger partial charge in [-0.2, -0.15) is 0 Å². The van der Waals surface area contributed by atoms with Crippen molar-refractivity contribution >= 4 is 6.09 Å². The minimum Gasteiger partial charge on any atom is -0.450 e. The first-order valence-corrected chi connectivity index (χ1v) is 5.42. The molecule has 0 aromatic heterocycles. The zero-order valence-corrected chi connectivity index (χ0v) is 9.27. The molecular weight excluding hydrogens is 180 g/mol. The third-order valence-corrected chi connectivity index (χ3v) is 1.78. The van der Waals surface area contributed by atoms with E-state index in [4.69, 9.17) is 4.74 Å². The van der Waals surface area contributed by atoms with Crippen LogP contribution in [0.2, 0.25) is 0 Å². The lowest BCUT2D eigenvalue weighted by Crippen LogP contribution is -2.26. The number of carbonyl (C=O) groups is 1. The van der Waals surface area contributed by atoms with Crippen LogP contribution in [0.15, 0.2) is 0 Å². The lowest BCUT2D eigenvalue weighted by molar-refractivity contribution is 0.144. The second-order valence-electron chi connectivity index (χ2n) is 3.12. The fourth-order valence-corrected chi connectivity index (χ4v) is 0.957. The maximum absolute atomic E-state index is 11.0. The fourth-order valence-electron chi connectivity index (χ4n) is 0.957. The standard InChI is InChI=1S/C10H22N2O2/c1-3-5-8-12-10(13)14-9-6-7-11-4-2/h11H,3-9H2,1-2H3,(H,12,13). The summed E-state index contributed by atoms with van der Waals surface area (Å²) in [5.41, 5.74) is 0. The summed E-state index contributed by atoms with van der Waals surface area (Å²) in [6, 6.07) is 0. The molecule has 0 unspecified atom stereocenters. The van der Waals surface area contributed by atoms with E-state index in [0.29, 0.717) is 13.2 Å². The van der Waals surface area contributed by atoms with Gasteiger partial charge in [-0.1, -0.05) is 20.3 Å². The second-order valence-corrected chi connectivity index (χ2v) is 3.12. The average Bonchev–Trinajstić information content (AvgIpc) is 2.18. The van der Waals surface area contributed by atoms with Crippen LogP contribution >= 0.6 is 0 Å². The van der Waals surface area contributed by atoms with Gasteiger partial charge in [-0.3, -0.25) is 0 Å². The molecule has 0 saturated heterocycles. The number of carbonyl (C=O) groups excluding carboxylic acids is 1. The van der Waals surface area contributed by atoms with E-state index in [9.17, 15) is 4.79 Å². The van der Waals surface area contributed by atoms with Gasteiger partial charge in [0.05, 0.1) is 6.61 Å². The van der Waals surface area contributed by atoms with E-state index < -0.39 is 0 Å². The van der Waals surface area contributed by atoms with Crippen molar-refractivity contribution in [2.45, 2.75) is 33.1 Å². The normalized spacial score (nSPS) is 9.86. The molecule has 0 radical (unpaired) electrons. The number of hydrogen-bond donors (Lipinski definition) is 2. The molecule has 0 fully saturated rings. The molecule has 1 amide bonds. The summed E-state index contributed by atoms with van der Waals surface area (Å²) in [6.07, 6.45) is 2.66. The van der Waals surface area contributed by atoms with Crippen LogP contribution in [0.5, 0.6) is 0 Å². The van der Waals surface area contributed by atoms with E-state index in [1.807, 2.05) is 0 Å². The van der Waals surface area contributed by atoms with Crippen LogP contribution in [0, 0.1) is 0 Å². The summed E-state index contributed by atoms with van der Waals surface area (Å²) < 4.78 is 4.95. The highest BCUT2D eigenvalue weighted by Crippen LogP contribution is 1.86. The molecule has 84 valence electrons. The maximum atomic E-state index is 11.0. The van der Waals surface area contributed by atoms with Gasteiger partial charge in [-0.05, 0) is 25.9 Å². The Balaban J connectivity index is 3.10. The monoisotopic (exact) mass is 202 g/mol. The molecule has 0 bridgehead atoms. The number of hydrogen-bond acceptors (Lipinski definition) is 3. The van der Waals surface area contributed by atoms with Crippen molar-refractivity contribution in [3.8, 4) is 0 Å². The third-order valence-electron chi connectivity index (χ3n) is 1.78. The summed E-state index contributed by atoms with van der Waals surface area (Å²) in [6.45, 7) is 7.21. The largest absolute Gasteiger partial charge is 0.450 e. The minimum absolute atomic E-state index is 0.296. The van der Waals surface area contributed by atoms with E-state index in [2.05, 4.69) is 24.5 Å². The number of ether oxygens (including phenoxy) is 1. The van der Waals surface area contributed by atoms with Crippen LogP contribution < -0.4 is 10.6 Å². The van der Waals surface area contributed by atoms with Gasteiger partial charge in [-0.25, -0.2) is 4.79 Å². The Morgan fingerprint density at radius 3 is 2.64 bits per heavy atom. The maximum Gasteiger partial charge on any atom is 0.407 e. The SMILES string of the molecule is CCCCNC(=O)OCCCNCC. The van der Waals surface area contributed by atoms with Crippen LogP contribution in [0.3, 0.4) is 0 Å². The molecule has 0 saturated carbocycles. The summed E-state index contributed by atoms with van der Waals surface area (Å²) >= 11 is 0. The highest BCUT2D eigenvalue weighted by Gasteiger charge is 1.98. The molecule has 0 aliphatic carbocycles. The Kier molecular flexibility index (Phi) is 9.74. The highest BCUT2D eigenvalue weighted by molar-refractivity contribution is 5.66. The van der Waals surface area contributed by atoms with Gasteiger partial charge in [-0.15, -0.1) is 0 Å². The highest BCUT2D eigenvalue weighted by atomic mass is 16.5.